The third-order valence-electron chi connectivity index (χ3n) is 3.91. The number of ether oxygens (including phenoxy) is 1. The minimum Gasteiger partial charge on any atom is -0.481 e. The number of methoxy groups -OCH3 is 1. The molecule has 0 unspecified atom stereocenters. The molecule has 0 spiro atoms. The van der Waals surface area contributed by atoms with Crippen molar-refractivity contribution in [2.24, 2.45) is 0 Å². The predicted molar refractivity (Wildman–Crippen MR) is 91.8 cm³/mol. The number of hydrogen-bond acceptors (Lipinski definition) is 5. The van der Waals surface area contributed by atoms with Crippen LogP contribution in [0.5, 0.6) is 5.88 Å². The Kier molecular flexibility index (Phi) is 3.46. The number of nitrogens with zero attached hydrogens (tertiary/aromatic N) is 3. The highest BCUT2D eigenvalue weighted by Gasteiger charge is 2.16. The fourth-order valence-electron chi connectivity index (χ4n) is 2.69. The van der Waals surface area contributed by atoms with E-state index in [9.17, 15) is 0 Å². The highest BCUT2D eigenvalue weighted by molar-refractivity contribution is 5.93. The molecular weight excluding hydrogens is 302 g/mol. The Morgan fingerprint density at radius 1 is 1.00 bits per heavy atom. The van der Waals surface area contributed by atoms with Crippen molar-refractivity contribution in [3.63, 3.8) is 0 Å². The number of aromatic nitrogens is 3. The summed E-state index contributed by atoms with van der Waals surface area (Å²) in [5, 5.41) is 4.07. The third-order valence-corrected chi connectivity index (χ3v) is 3.91. The number of benzene rings is 1. The fourth-order valence-corrected chi connectivity index (χ4v) is 2.69. The molecule has 0 atom stereocenters. The first-order chi connectivity index (χ1) is 11.8. The lowest BCUT2D eigenvalue weighted by Crippen LogP contribution is -1.91. The van der Waals surface area contributed by atoms with Crippen molar-refractivity contribution >= 4 is 11.1 Å². The van der Waals surface area contributed by atoms with Crippen LogP contribution < -0.4 is 4.74 Å². The molecule has 0 N–H and O–H groups in total. The predicted octanol–water partition coefficient (Wildman–Crippen LogP) is 4.27. The van der Waals surface area contributed by atoms with Gasteiger partial charge in [-0.05, 0) is 24.6 Å². The van der Waals surface area contributed by atoms with Gasteiger partial charge in [-0.1, -0.05) is 35.5 Å². The Balaban J connectivity index is 2.00. The second kappa shape index (κ2) is 5.77. The van der Waals surface area contributed by atoms with E-state index in [0.717, 1.165) is 33.6 Å². The van der Waals surface area contributed by atoms with E-state index in [4.69, 9.17) is 14.2 Å². The standard InChI is InChI=1S/C19H15N3O2/c1-12-18-19(24-22-12)15(14-8-9-20-17(10-14)23-2)11-16(21-18)13-6-4-3-5-7-13/h3-11H,1-2H3. The number of hydrogen-bond donors (Lipinski definition) is 0. The van der Waals surface area contributed by atoms with Gasteiger partial charge in [0.1, 0.15) is 11.2 Å². The van der Waals surface area contributed by atoms with Gasteiger partial charge in [-0.15, -0.1) is 0 Å². The van der Waals surface area contributed by atoms with Crippen molar-refractivity contribution in [2.75, 3.05) is 7.11 Å². The van der Waals surface area contributed by atoms with Crippen LogP contribution in [0, 0.1) is 6.92 Å². The van der Waals surface area contributed by atoms with E-state index >= 15 is 0 Å². The van der Waals surface area contributed by atoms with Crippen LogP contribution in [0.1, 0.15) is 5.69 Å². The molecule has 24 heavy (non-hydrogen) atoms. The monoisotopic (exact) mass is 317 g/mol. The second-order valence-corrected chi connectivity index (χ2v) is 5.45. The number of fused-ring (bicyclic) bond motifs is 1. The van der Waals surface area contributed by atoms with E-state index in [-0.39, 0.29) is 0 Å². The summed E-state index contributed by atoms with van der Waals surface area (Å²) in [6, 6.07) is 15.9. The average Bonchev–Trinajstić information content (AvgIpc) is 3.03. The van der Waals surface area contributed by atoms with Crippen LogP contribution in [-0.4, -0.2) is 22.2 Å². The molecule has 0 radical (unpaired) electrons. The summed E-state index contributed by atoms with van der Waals surface area (Å²) >= 11 is 0. The molecule has 0 saturated carbocycles. The summed E-state index contributed by atoms with van der Waals surface area (Å²) in [6.45, 7) is 1.89. The molecule has 4 rings (SSSR count). The maximum absolute atomic E-state index is 5.52. The minimum atomic E-state index is 0.551. The largest absolute Gasteiger partial charge is 0.481 e. The van der Waals surface area contributed by atoms with Gasteiger partial charge in [0.15, 0.2) is 5.58 Å². The van der Waals surface area contributed by atoms with Crippen molar-refractivity contribution in [1.29, 1.82) is 0 Å². The molecule has 0 bridgehead atoms. The fraction of sp³-hybridized carbons (Fsp3) is 0.105. The van der Waals surface area contributed by atoms with Crippen molar-refractivity contribution in [2.45, 2.75) is 6.92 Å². The molecule has 3 heterocycles. The van der Waals surface area contributed by atoms with Crippen LogP contribution in [0.3, 0.4) is 0 Å². The van der Waals surface area contributed by atoms with Crippen molar-refractivity contribution in [3.8, 4) is 28.3 Å². The van der Waals surface area contributed by atoms with Gasteiger partial charge in [0.2, 0.25) is 5.88 Å². The average molecular weight is 317 g/mol. The summed E-state index contributed by atoms with van der Waals surface area (Å²) in [5.41, 5.74) is 5.98. The molecule has 0 aliphatic rings. The van der Waals surface area contributed by atoms with E-state index in [2.05, 4.69) is 10.1 Å². The Hall–Kier alpha value is -3.21. The molecule has 5 nitrogen and oxygen atoms in total. The smallest absolute Gasteiger partial charge is 0.213 e. The van der Waals surface area contributed by atoms with Gasteiger partial charge in [0, 0.05) is 23.4 Å². The first-order valence-electron chi connectivity index (χ1n) is 7.59. The van der Waals surface area contributed by atoms with Gasteiger partial charge in [0.25, 0.3) is 0 Å². The molecule has 0 fully saturated rings. The maximum atomic E-state index is 5.52. The minimum absolute atomic E-state index is 0.551. The van der Waals surface area contributed by atoms with Crippen molar-refractivity contribution in [1.82, 2.24) is 15.1 Å². The first kappa shape index (κ1) is 14.4. The third kappa shape index (κ3) is 2.40. The molecule has 1 aromatic carbocycles. The van der Waals surface area contributed by atoms with Gasteiger partial charge >= 0.3 is 0 Å². The van der Waals surface area contributed by atoms with Crippen molar-refractivity contribution < 1.29 is 9.26 Å². The summed E-state index contributed by atoms with van der Waals surface area (Å²) in [4.78, 5) is 8.90. The Morgan fingerprint density at radius 2 is 1.83 bits per heavy atom. The SMILES string of the molecule is COc1cc(-c2cc(-c3ccccc3)nc3c(C)noc23)ccn1. The molecule has 0 aliphatic heterocycles. The van der Waals surface area contributed by atoms with Gasteiger partial charge in [-0.2, -0.15) is 0 Å². The van der Waals surface area contributed by atoms with Crippen LogP contribution in [0.2, 0.25) is 0 Å². The van der Waals surface area contributed by atoms with Crippen molar-refractivity contribution in [3.05, 3.63) is 60.4 Å². The van der Waals surface area contributed by atoms with Crippen LogP contribution in [0.15, 0.2) is 59.3 Å². The Labute approximate surface area is 138 Å². The summed E-state index contributed by atoms with van der Waals surface area (Å²) in [6.07, 6.45) is 1.71. The zero-order valence-electron chi connectivity index (χ0n) is 13.4. The van der Waals surface area contributed by atoms with Gasteiger partial charge in [-0.25, -0.2) is 9.97 Å². The van der Waals surface area contributed by atoms with Crippen LogP contribution in [0.4, 0.5) is 0 Å². The Morgan fingerprint density at radius 3 is 2.62 bits per heavy atom. The van der Waals surface area contributed by atoms with Crippen LogP contribution in [0.25, 0.3) is 33.5 Å². The summed E-state index contributed by atoms with van der Waals surface area (Å²) in [5.74, 6) is 0.551. The lowest BCUT2D eigenvalue weighted by Gasteiger charge is -2.07. The summed E-state index contributed by atoms with van der Waals surface area (Å²) in [7, 11) is 1.60. The molecule has 0 aliphatic carbocycles. The lowest BCUT2D eigenvalue weighted by molar-refractivity contribution is 0.398. The highest BCUT2D eigenvalue weighted by atomic mass is 16.5. The van der Waals surface area contributed by atoms with E-state index < -0.39 is 0 Å². The van der Waals surface area contributed by atoms with Crippen LogP contribution in [-0.2, 0) is 0 Å². The lowest BCUT2D eigenvalue weighted by atomic mass is 10.0. The van der Waals surface area contributed by atoms with E-state index in [1.54, 1.807) is 13.3 Å². The zero-order valence-corrected chi connectivity index (χ0v) is 13.4. The van der Waals surface area contributed by atoms with Crippen LogP contribution >= 0.6 is 0 Å². The maximum Gasteiger partial charge on any atom is 0.213 e. The molecule has 118 valence electrons. The van der Waals surface area contributed by atoms with Gasteiger partial charge in [0.05, 0.1) is 12.8 Å². The van der Waals surface area contributed by atoms with Gasteiger partial charge in [-0.3, -0.25) is 0 Å². The van der Waals surface area contributed by atoms with E-state index in [0.29, 0.717) is 11.5 Å². The second-order valence-electron chi connectivity index (χ2n) is 5.45. The molecule has 0 saturated heterocycles. The van der Waals surface area contributed by atoms with E-state index in [1.165, 1.54) is 0 Å². The quantitative estimate of drug-likeness (QED) is 0.565. The molecule has 3 aromatic heterocycles. The zero-order chi connectivity index (χ0) is 16.5. The summed E-state index contributed by atoms with van der Waals surface area (Å²) < 4.78 is 10.8. The molecule has 4 aromatic rings. The normalized spacial score (nSPS) is 10.9. The first-order valence-corrected chi connectivity index (χ1v) is 7.59. The molecule has 0 amide bonds. The molecular formula is C19H15N3O2. The van der Waals surface area contributed by atoms with Gasteiger partial charge < -0.3 is 9.26 Å². The number of pyridine rings is 2. The number of rotatable bonds is 3. The number of aryl methyl sites for hydroxylation is 1. The van der Waals surface area contributed by atoms with E-state index in [1.807, 2.05) is 55.5 Å². The highest BCUT2D eigenvalue weighted by Crippen LogP contribution is 2.34. The topological polar surface area (TPSA) is 61.0 Å². The molecule has 5 heteroatoms. The Bertz CT molecular complexity index is 1010.